The number of benzene rings is 3. The monoisotopic (exact) mass is 367 g/mol. The van der Waals surface area contributed by atoms with E-state index in [1.54, 1.807) is 13.2 Å². The average molecular weight is 367 g/mol. The molecule has 0 aromatic heterocycles. The van der Waals surface area contributed by atoms with E-state index in [9.17, 15) is 10.2 Å². The van der Waals surface area contributed by atoms with E-state index in [1.165, 1.54) is 12.7 Å². The van der Waals surface area contributed by atoms with E-state index < -0.39 is 0 Å². The molecule has 1 aliphatic heterocycles. The lowest BCUT2D eigenvalue weighted by atomic mass is 9.89. The first-order valence-corrected chi connectivity index (χ1v) is 9.35. The zero-order valence-corrected chi connectivity index (χ0v) is 16.0. The number of aromatic hydroxyl groups is 2. The largest absolute Gasteiger partial charge is 0.504 e. The standard InChI is InChI=1S/C22H25NO4/c1-4-8-23-9-7-14-15-6-5-13-10-18(24)19(26-2)11-16(13)20(15)22(27-3)21(25)17(14)12-23/h5-6,10-11,24-25H,4,7-9,12H2,1-3H3. The Hall–Kier alpha value is -2.66. The van der Waals surface area contributed by atoms with E-state index >= 15 is 0 Å². The zero-order valence-electron chi connectivity index (χ0n) is 16.0. The number of phenols is 2. The number of rotatable bonds is 4. The van der Waals surface area contributed by atoms with Crippen LogP contribution in [0, 0.1) is 0 Å². The fourth-order valence-corrected chi connectivity index (χ4v) is 4.30. The summed E-state index contributed by atoms with van der Waals surface area (Å²) >= 11 is 0. The number of phenolic OH excluding ortho intramolecular Hbond substituents is 2. The van der Waals surface area contributed by atoms with Gasteiger partial charge in [0.05, 0.1) is 14.2 Å². The van der Waals surface area contributed by atoms with Crippen LogP contribution in [0.3, 0.4) is 0 Å². The van der Waals surface area contributed by atoms with Gasteiger partial charge in [0.15, 0.2) is 23.0 Å². The van der Waals surface area contributed by atoms with Crippen LogP contribution < -0.4 is 9.47 Å². The molecule has 4 rings (SSSR count). The van der Waals surface area contributed by atoms with E-state index in [1.807, 2.05) is 12.1 Å². The molecule has 0 atom stereocenters. The van der Waals surface area contributed by atoms with Crippen LogP contribution in [0.1, 0.15) is 24.5 Å². The summed E-state index contributed by atoms with van der Waals surface area (Å²) in [5.74, 6) is 1.21. The van der Waals surface area contributed by atoms with Gasteiger partial charge in [-0.15, -0.1) is 0 Å². The third kappa shape index (κ3) is 2.73. The molecule has 0 amide bonds. The molecule has 0 unspecified atom stereocenters. The second kappa shape index (κ2) is 6.82. The summed E-state index contributed by atoms with van der Waals surface area (Å²) in [6.45, 7) is 4.91. The van der Waals surface area contributed by atoms with E-state index in [-0.39, 0.29) is 11.5 Å². The third-order valence-corrected chi connectivity index (χ3v) is 5.54. The molecule has 3 aromatic rings. The van der Waals surface area contributed by atoms with Crippen molar-refractivity contribution in [1.29, 1.82) is 0 Å². The highest BCUT2D eigenvalue weighted by Crippen LogP contribution is 2.47. The van der Waals surface area contributed by atoms with Gasteiger partial charge in [0.2, 0.25) is 0 Å². The van der Waals surface area contributed by atoms with Gasteiger partial charge >= 0.3 is 0 Å². The van der Waals surface area contributed by atoms with Crippen LogP contribution >= 0.6 is 0 Å². The smallest absolute Gasteiger partial charge is 0.169 e. The highest BCUT2D eigenvalue weighted by atomic mass is 16.5. The summed E-state index contributed by atoms with van der Waals surface area (Å²) in [6.07, 6.45) is 1.98. The number of methoxy groups -OCH3 is 2. The maximum atomic E-state index is 11.0. The van der Waals surface area contributed by atoms with Gasteiger partial charge in [0.1, 0.15) is 0 Å². The lowest BCUT2D eigenvalue weighted by molar-refractivity contribution is 0.249. The minimum atomic E-state index is 0.0979. The van der Waals surface area contributed by atoms with E-state index in [2.05, 4.69) is 17.9 Å². The van der Waals surface area contributed by atoms with Crippen LogP contribution in [0.2, 0.25) is 0 Å². The predicted molar refractivity (Wildman–Crippen MR) is 107 cm³/mol. The van der Waals surface area contributed by atoms with Crippen LogP contribution in [-0.2, 0) is 13.0 Å². The van der Waals surface area contributed by atoms with Gasteiger partial charge < -0.3 is 19.7 Å². The van der Waals surface area contributed by atoms with Crippen LogP contribution in [0.4, 0.5) is 0 Å². The molecular weight excluding hydrogens is 342 g/mol. The Morgan fingerprint density at radius 1 is 1.04 bits per heavy atom. The molecule has 3 aromatic carbocycles. The van der Waals surface area contributed by atoms with Crippen LogP contribution in [0.5, 0.6) is 23.0 Å². The van der Waals surface area contributed by atoms with Crippen molar-refractivity contribution in [2.45, 2.75) is 26.3 Å². The Morgan fingerprint density at radius 2 is 1.85 bits per heavy atom. The minimum absolute atomic E-state index is 0.0979. The second-order valence-electron chi connectivity index (χ2n) is 7.10. The normalized spacial score (nSPS) is 14.5. The summed E-state index contributed by atoms with van der Waals surface area (Å²) in [5.41, 5.74) is 2.15. The summed E-state index contributed by atoms with van der Waals surface area (Å²) in [5, 5.41) is 24.9. The highest BCUT2D eigenvalue weighted by Gasteiger charge is 2.26. The molecule has 2 N–H and O–H groups in total. The fraction of sp³-hybridized carbons (Fsp3) is 0.364. The molecule has 0 radical (unpaired) electrons. The van der Waals surface area contributed by atoms with Crippen molar-refractivity contribution < 1.29 is 19.7 Å². The molecule has 0 saturated heterocycles. The Labute approximate surface area is 158 Å². The Morgan fingerprint density at radius 3 is 2.56 bits per heavy atom. The van der Waals surface area contributed by atoms with E-state index in [4.69, 9.17) is 9.47 Å². The summed E-state index contributed by atoms with van der Waals surface area (Å²) in [7, 11) is 3.12. The lowest BCUT2D eigenvalue weighted by Crippen LogP contribution is -2.31. The lowest BCUT2D eigenvalue weighted by Gasteiger charge is -2.31. The molecule has 5 nitrogen and oxygen atoms in total. The zero-order chi connectivity index (χ0) is 19.1. The van der Waals surface area contributed by atoms with Gasteiger partial charge in [-0.1, -0.05) is 19.1 Å². The molecule has 0 aliphatic carbocycles. The quantitative estimate of drug-likeness (QED) is 0.677. The summed E-state index contributed by atoms with van der Waals surface area (Å²) in [4.78, 5) is 2.37. The molecule has 5 heteroatoms. The molecule has 0 bridgehead atoms. The highest BCUT2D eigenvalue weighted by molar-refractivity contribution is 6.14. The SMILES string of the molecule is CCCN1CCc2c(c(O)c(OC)c3c2ccc2cc(O)c(OC)cc23)C1. The van der Waals surface area contributed by atoms with Gasteiger partial charge in [0.25, 0.3) is 0 Å². The van der Waals surface area contributed by atoms with Gasteiger partial charge in [-0.3, -0.25) is 4.90 Å². The molecule has 0 spiro atoms. The first-order chi connectivity index (χ1) is 13.1. The Bertz CT molecular complexity index is 1030. The second-order valence-corrected chi connectivity index (χ2v) is 7.10. The molecule has 142 valence electrons. The predicted octanol–water partition coefficient (Wildman–Crippen LogP) is 4.19. The number of fused-ring (bicyclic) bond motifs is 5. The van der Waals surface area contributed by atoms with Crippen LogP contribution in [-0.4, -0.2) is 42.4 Å². The van der Waals surface area contributed by atoms with Gasteiger partial charge in [-0.2, -0.15) is 0 Å². The first kappa shape index (κ1) is 17.7. The van der Waals surface area contributed by atoms with Crippen molar-refractivity contribution in [3.8, 4) is 23.0 Å². The van der Waals surface area contributed by atoms with Gasteiger partial charge in [0, 0.05) is 24.0 Å². The summed E-state index contributed by atoms with van der Waals surface area (Å²) in [6, 6.07) is 7.58. The first-order valence-electron chi connectivity index (χ1n) is 9.35. The van der Waals surface area contributed by atoms with E-state index in [0.717, 1.165) is 59.6 Å². The number of ether oxygens (including phenoxy) is 2. The minimum Gasteiger partial charge on any atom is -0.504 e. The molecule has 1 heterocycles. The number of hydrogen-bond donors (Lipinski definition) is 2. The molecule has 0 saturated carbocycles. The molecule has 27 heavy (non-hydrogen) atoms. The maximum absolute atomic E-state index is 11.0. The van der Waals surface area contributed by atoms with Crippen LogP contribution in [0.15, 0.2) is 24.3 Å². The molecule has 1 aliphatic rings. The van der Waals surface area contributed by atoms with Crippen molar-refractivity contribution in [1.82, 2.24) is 4.90 Å². The van der Waals surface area contributed by atoms with Crippen molar-refractivity contribution in [3.63, 3.8) is 0 Å². The average Bonchev–Trinajstić information content (AvgIpc) is 2.68. The van der Waals surface area contributed by atoms with Gasteiger partial charge in [-0.05, 0) is 53.2 Å². The van der Waals surface area contributed by atoms with E-state index in [0.29, 0.717) is 11.5 Å². The van der Waals surface area contributed by atoms with Crippen molar-refractivity contribution >= 4 is 21.5 Å². The Balaban J connectivity index is 2.05. The van der Waals surface area contributed by atoms with Crippen molar-refractivity contribution in [2.75, 3.05) is 27.3 Å². The third-order valence-electron chi connectivity index (χ3n) is 5.54. The maximum Gasteiger partial charge on any atom is 0.169 e. The van der Waals surface area contributed by atoms with Gasteiger partial charge in [-0.25, -0.2) is 0 Å². The number of hydrogen-bond acceptors (Lipinski definition) is 5. The summed E-state index contributed by atoms with van der Waals surface area (Å²) < 4.78 is 11.0. The van der Waals surface area contributed by atoms with Crippen molar-refractivity contribution in [2.24, 2.45) is 0 Å². The fourth-order valence-electron chi connectivity index (χ4n) is 4.30. The van der Waals surface area contributed by atoms with Crippen LogP contribution in [0.25, 0.3) is 21.5 Å². The Kier molecular flexibility index (Phi) is 4.48. The topological polar surface area (TPSA) is 62.2 Å². The number of nitrogens with zero attached hydrogens (tertiary/aromatic N) is 1. The van der Waals surface area contributed by atoms with Crippen molar-refractivity contribution in [3.05, 3.63) is 35.4 Å². The molecular formula is C22H25NO4. The molecule has 0 fully saturated rings.